The number of thiocarbonyl (C=S) groups is 1. The Bertz CT molecular complexity index is 1320. The number of aryl methyl sites for hydroxylation is 1. The molecular formula is C24H20F3N3O3S. The molecule has 0 aliphatic carbocycles. The van der Waals surface area contributed by atoms with Gasteiger partial charge in [0.25, 0.3) is 0 Å². The lowest BCUT2D eigenvalue weighted by molar-refractivity contribution is -0.141. The van der Waals surface area contributed by atoms with E-state index in [1.54, 1.807) is 23.7 Å². The predicted molar refractivity (Wildman–Crippen MR) is 124 cm³/mol. The Morgan fingerprint density at radius 1 is 1.18 bits per heavy atom. The minimum atomic E-state index is -4.53. The number of nitrogens with one attached hydrogen (secondary N) is 1. The molecule has 0 spiro atoms. The lowest BCUT2D eigenvalue weighted by Gasteiger charge is -2.31. The molecule has 4 rings (SSSR count). The summed E-state index contributed by atoms with van der Waals surface area (Å²) < 4.78 is 47.2. The van der Waals surface area contributed by atoms with Crippen molar-refractivity contribution in [2.45, 2.75) is 12.6 Å². The van der Waals surface area contributed by atoms with E-state index in [9.17, 15) is 22.8 Å². The number of halogens is 3. The number of ether oxygens (including phenoxy) is 1. The van der Waals surface area contributed by atoms with E-state index < -0.39 is 29.5 Å². The molecule has 2 amide bonds. The number of carbonyl (C=O) groups excluding carboxylic acids is 2. The second-order valence-electron chi connectivity index (χ2n) is 7.78. The molecule has 176 valence electrons. The van der Waals surface area contributed by atoms with Gasteiger partial charge in [-0.25, -0.2) is 0 Å². The molecule has 2 aromatic carbocycles. The summed E-state index contributed by atoms with van der Waals surface area (Å²) in [5.41, 5.74) is 0.415. The fourth-order valence-electron chi connectivity index (χ4n) is 3.97. The lowest BCUT2D eigenvalue weighted by Crippen LogP contribution is -2.58. The average molecular weight is 488 g/mol. The van der Waals surface area contributed by atoms with Gasteiger partial charge in [0.1, 0.15) is 11.7 Å². The zero-order valence-corrected chi connectivity index (χ0v) is 18.9. The summed E-state index contributed by atoms with van der Waals surface area (Å²) in [6, 6.07) is 11.8. The fourth-order valence-corrected chi connectivity index (χ4v) is 4.23. The van der Waals surface area contributed by atoms with Crippen LogP contribution in [-0.2, 0) is 29.2 Å². The summed E-state index contributed by atoms with van der Waals surface area (Å²) in [4.78, 5) is 27.0. The quantitative estimate of drug-likeness (QED) is 0.314. The Hall–Kier alpha value is -3.66. The summed E-state index contributed by atoms with van der Waals surface area (Å²) >= 11 is 5.10. The van der Waals surface area contributed by atoms with Crippen LogP contribution >= 0.6 is 12.2 Å². The van der Waals surface area contributed by atoms with E-state index in [1.807, 2.05) is 12.1 Å². The molecule has 1 aliphatic rings. The van der Waals surface area contributed by atoms with Gasteiger partial charge in [-0.2, -0.15) is 13.2 Å². The summed E-state index contributed by atoms with van der Waals surface area (Å²) in [5.74, 6) is -1.90. The van der Waals surface area contributed by atoms with Crippen LogP contribution in [0.15, 0.2) is 61.2 Å². The van der Waals surface area contributed by atoms with Crippen LogP contribution in [0.5, 0.6) is 11.6 Å². The van der Waals surface area contributed by atoms with Crippen molar-refractivity contribution >= 4 is 40.0 Å². The number of para-hydroxylation sites is 1. The standard InChI is InChI=1S/C24H20F3N3O3S/c1-3-11-30-21(32)18(20(31)28-23(30)34)13-17-16-9-4-5-10-19(16)29(2)22(17)33-15-8-6-7-14(12-15)24(25,26)27/h3-10,12,18H,1,11,13H2,2H3,(H,28,31,34). The molecule has 1 N–H and O–H groups in total. The van der Waals surface area contributed by atoms with Crippen molar-refractivity contribution in [3.05, 3.63) is 72.3 Å². The first-order valence-corrected chi connectivity index (χ1v) is 10.7. The molecule has 1 atom stereocenters. The molecule has 0 bridgehead atoms. The maximum atomic E-state index is 13.2. The van der Waals surface area contributed by atoms with Gasteiger partial charge in [-0.05, 0) is 42.9 Å². The number of nitrogens with zero attached hydrogens (tertiary/aromatic N) is 2. The highest BCUT2D eigenvalue weighted by Crippen LogP contribution is 2.38. The molecule has 1 aliphatic heterocycles. The summed E-state index contributed by atoms with van der Waals surface area (Å²) in [7, 11) is 1.71. The van der Waals surface area contributed by atoms with Crippen LogP contribution in [0.1, 0.15) is 11.1 Å². The Balaban J connectivity index is 1.77. The second kappa shape index (κ2) is 8.94. The first kappa shape index (κ1) is 23.5. The van der Waals surface area contributed by atoms with E-state index in [-0.39, 0.29) is 29.7 Å². The van der Waals surface area contributed by atoms with Crippen LogP contribution in [-0.4, -0.2) is 32.9 Å². The van der Waals surface area contributed by atoms with Crippen molar-refractivity contribution in [1.29, 1.82) is 0 Å². The van der Waals surface area contributed by atoms with E-state index in [0.717, 1.165) is 23.0 Å². The number of alkyl halides is 3. The van der Waals surface area contributed by atoms with Gasteiger partial charge in [0.2, 0.25) is 17.7 Å². The number of carbonyl (C=O) groups is 2. The number of amides is 2. The highest BCUT2D eigenvalue weighted by Gasteiger charge is 2.39. The van der Waals surface area contributed by atoms with Gasteiger partial charge in [-0.1, -0.05) is 30.3 Å². The van der Waals surface area contributed by atoms with Crippen LogP contribution in [0.3, 0.4) is 0 Å². The van der Waals surface area contributed by atoms with Gasteiger partial charge in [0.15, 0.2) is 5.11 Å². The molecule has 34 heavy (non-hydrogen) atoms. The van der Waals surface area contributed by atoms with Gasteiger partial charge in [0, 0.05) is 24.5 Å². The van der Waals surface area contributed by atoms with Crippen molar-refractivity contribution in [1.82, 2.24) is 14.8 Å². The molecule has 10 heteroatoms. The SMILES string of the molecule is C=CCN1C(=O)C(Cc2c(Oc3cccc(C(F)(F)F)c3)n(C)c3ccccc23)C(=O)NC1=S. The maximum absolute atomic E-state index is 13.2. The monoisotopic (exact) mass is 487 g/mol. The third kappa shape index (κ3) is 4.28. The maximum Gasteiger partial charge on any atom is 0.416 e. The van der Waals surface area contributed by atoms with E-state index in [0.29, 0.717) is 5.56 Å². The predicted octanol–water partition coefficient (Wildman–Crippen LogP) is 4.58. The van der Waals surface area contributed by atoms with Gasteiger partial charge in [-0.15, -0.1) is 6.58 Å². The van der Waals surface area contributed by atoms with E-state index in [1.165, 1.54) is 23.1 Å². The van der Waals surface area contributed by atoms with E-state index >= 15 is 0 Å². The molecule has 1 saturated heterocycles. The molecule has 0 radical (unpaired) electrons. The number of hydrogen-bond donors (Lipinski definition) is 1. The molecule has 1 unspecified atom stereocenters. The normalized spacial score (nSPS) is 16.6. The summed E-state index contributed by atoms with van der Waals surface area (Å²) in [6.07, 6.45) is -3.06. The number of aromatic nitrogens is 1. The molecule has 6 nitrogen and oxygen atoms in total. The Morgan fingerprint density at radius 2 is 1.91 bits per heavy atom. The minimum absolute atomic E-state index is 0.00417. The molecular weight excluding hydrogens is 467 g/mol. The van der Waals surface area contributed by atoms with Crippen LogP contribution in [0.25, 0.3) is 10.9 Å². The zero-order valence-electron chi connectivity index (χ0n) is 18.1. The number of benzene rings is 2. The first-order valence-electron chi connectivity index (χ1n) is 10.3. The Kier molecular flexibility index (Phi) is 6.18. The zero-order chi connectivity index (χ0) is 24.6. The molecule has 0 saturated carbocycles. The Labute approximate surface area is 198 Å². The second-order valence-corrected chi connectivity index (χ2v) is 8.16. The van der Waals surface area contributed by atoms with Crippen LogP contribution < -0.4 is 10.1 Å². The molecule has 1 fully saturated rings. The molecule has 3 aromatic rings. The van der Waals surface area contributed by atoms with Crippen molar-refractivity contribution in [3.8, 4) is 11.6 Å². The molecule has 1 aromatic heterocycles. The third-order valence-corrected chi connectivity index (χ3v) is 5.93. The van der Waals surface area contributed by atoms with Crippen molar-refractivity contribution < 1.29 is 27.5 Å². The van der Waals surface area contributed by atoms with Gasteiger partial charge in [-0.3, -0.25) is 14.5 Å². The smallest absolute Gasteiger partial charge is 0.416 e. The van der Waals surface area contributed by atoms with Gasteiger partial charge < -0.3 is 14.6 Å². The van der Waals surface area contributed by atoms with Crippen molar-refractivity contribution in [2.75, 3.05) is 6.54 Å². The van der Waals surface area contributed by atoms with Gasteiger partial charge in [0.05, 0.1) is 11.1 Å². The van der Waals surface area contributed by atoms with Crippen molar-refractivity contribution in [3.63, 3.8) is 0 Å². The molecule has 2 heterocycles. The number of hydrogen-bond acceptors (Lipinski definition) is 4. The highest BCUT2D eigenvalue weighted by molar-refractivity contribution is 7.80. The number of rotatable bonds is 6. The Morgan fingerprint density at radius 3 is 2.62 bits per heavy atom. The average Bonchev–Trinajstić information content (AvgIpc) is 3.05. The highest BCUT2D eigenvalue weighted by atomic mass is 32.1. The van der Waals surface area contributed by atoms with Crippen LogP contribution in [0.4, 0.5) is 13.2 Å². The largest absolute Gasteiger partial charge is 0.441 e. The van der Waals surface area contributed by atoms with E-state index in [2.05, 4.69) is 11.9 Å². The number of fused-ring (bicyclic) bond motifs is 1. The van der Waals surface area contributed by atoms with Crippen LogP contribution in [0.2, 0.25) is 0 Å². The third-order valence-electron chi connectivity index (χ3n) is 5.61. The lowest BCUT2D eigenvalue weighted by atomic mass is 9.95. The van der Waals surface area contributed by atoms with Crippen LogP contribution in [0, 0.1) is 5.92 Å². The van der Waals surface area contributed by atoms with Crippen molar-refractivity contribution in [2.24, 2.45) is 13.0 Å². The topological polar surface area (TPSA) is 63.6 Å². The van der Waals surface area contributed by atoms with Gasteiger partial charge >= 0.3 is 6.18 Å². The minimum Gasteiger partial charge on any atom is -0.441 e. The fraction of sp³-hybridized carbons (Fsp3) is 0.208. The summed E-state index contributed by atoms with van der Waals surface area (Å²) in [6.45, 7) is 3.75. The first-order chi connectivity index (χ1) is 16.1. The summed E-state index contributed by atoms with van der Waals surface area (Å²) in [5, 5.41) is 3.26. The van der Waals surface area contributed by atoms with E-state index in [4.69, 9.17) is 17.0 Å².